The Bertz CT molecular complexity index is 1830. The fourth-order valence-corrected chi connectivity index (χ4v) is 4.22. The van der Waals surface area contributed by atoms with Gasteiger partial charge in [-0.1, -0.05) is 0 Å². The number of H-pyrrole nitrogens is 1. The number of imidazole rings is 1. The van der Waals surface area contributed by atoms with Crippen LogP contribution < -0.4 is 10.6 Å². The molecular weight excluding hydrogens is 462 g/mol. The number of aromatic amines is 1. The Hall–Kier alpha value is -5.36. The molecule has 1 aromatic carbocycles. The fourth-order valence-electron chi connectivity index (χ4n) is 4.22. The Morgan fingerprint density at radius 1 is 0.811 bits per heavy atom. The smallest absolute Gasteiger partial charge is 0.178 e. The number of pyridine rings is 4. The van der Waals surface area contributed by atoms with Crippen molar-refractivity contribution in [1.29, 1.82) is 5.26 Å². The minimum Gasteiger partial charge on any atom is -0.354 e. The number of anilines is 4. The first-order chi connectivity index (χ1) is 18.0. The van der Waals surface area contributed by atoms with Crippen LogP contribution in [0.15, 0.2) is 73.3 Å². The number of fused-ring (bicyclic) bond motifs is 2. The zero-order valence-electron chi connectivity index (χ0n) is 20.1. The lowest BCUT2D eigenvalue weighted by atomic mass is 10.1. The number of nitrogens with one attached hydrogen (secondary N) is 3. The van der Waals surface area contributed by atoms with E-state index in [0.29, 0.717) is 17.0 Å². The summed E-state index contributed by atoms with van der Waals surface area (Å²) in [5.74, 6) is 0.665. The second-order valence-corrected chi connectivity index (χ2v) is 8.73. The van der Waals surface area contributed by atoms with E-state index < -0.39 is 0 Å². The molecule has 37 heavy (non-hydrogen) atoms. The molecule has 0 aliphatic heterocycles. The maximum atomic E-state index is 9.33. The van der Waals surface area contributed by atoms with E-state index in [9.17, 15) is 5.26 Å². The van der Waals surface area contributed by atoms with E-state index in [1.807, 2.05) is 56.3 Å². The van der Waals surface area contributed by atoms with Gasteiger partial charge in [-0.25, -0.2) is 9.97 Å². The Morgan fingerprint density at radius 3 is 2.57 bits per heavy atom. The van der Waals surface area contributed by atoms with Crippen LogP contribution in [0.3, 0.4) is 0 Å². The third-order valence-corrected chi connectivity index (χ3v) is 5.88. The largest absolute Gasteiger partial charge is 0.354 e. The summed E-state index contributed by atoms with van der Waals surface area (Å²) in [5, 5.41) is 17.0. The first kappa shape index (κ1) is 22.1. The zero-order chi connectivity index (χ0) is 25.4. The Balaban J connectivity index is 1.31. The molecule has 0 aliphatic carbocycles. The number of benzene rings is 1. The average Bonchev–Trinajstić information content (AvgIpc) is 3.32. The normalized spacial score (nSPS) is 10.9. The molecular formula is C28H21N9. The lowest BCUT2D eigenvalue weighted by Crippen LogP contribution is -1.96. The summed E-state index contributed by atoms with van der Waals surface area (Å²) in [7, 11) is 0. The van der Waals surface area contributed by atoms with Gasteiger partial charge < -0.3 is 15.6 Å². The molecule has 0 unspecified atom stereocenters. The molecule has 0 aliphatic rings. The van der Waals surface area contributed by atoms with Crippen molar-refractivity contribution in [1.82, 2.24) is 29.9 Å². The number of nitrogens with zero attached hydrogens (tertiary/aromatic N) is 6. The molecule has 178 valence electrons. The van der Waals surface area contributed by atoms with Gasteiger partial charge in [0.1, 0.15) is 5.82 Å². The predicted octanol–water partition coefficient (Wildman–Crippen LogP) is 5.94. The van der Waals surface area contributed by atoms with Crippen LogP contribution in [-0.4, -0.2) is 29.9 Å². The molecule has 0 amide bonds. The highest BCUT2D eigenvalue weighted by Gasteiger charge is 2.11. The van der Waals surface area contributed by atoms with Crippen LogP contribution in [0.2, 0.25) is 0 Å². The monoisotopic (exact) mass is 483 g/mol. The van der Waals surface area contributed by atoms with Crippen molar-refractivity contribution in [3.63, 3.8) is 0 Å². The minimum absolute atomic E-state index is 0.579. The number of rotatable bonds is 5. The van der Waals surface area contributed by atoms with Crippen molar-refractivity contribution in [3.8, 4) is 17.5 Å². The summed E-state index contributed by atoms with van der Waals surface area (Å²) in [6, 6.07) is 17.5. The average molecular weight is 484 g/mol. The molecule has 6 aromatic rings. The van der Waals surface area contributed by atoms with Gasteiger partial charge in [0.15, 0.2) is 5.65 Å². The SMILES string of the molecule is Cc1cc(Nc2cnc3nc(-c4cncc(Nc5cc(C)nc6ccc(C#N)cc56)c4)[nH]c3c2)ccn1. The molecule has 5 aromatic heterocycles. The van der Waals surface area contributed by atoms with Crippen molar-refractivity contribution in [3.05, 3.63) is 90.3 Å². The molecule has 0 radical (unpaired) electrons. The summed E-state index contributed by atoms with van der Waals surface area (Å²) in [6.07, 6.45) is 7.03. The number of aryl methyl sites for hydroxylation is 2. The van der Waals surface area contributed by atoms with Gasteiger partial charge in [0.25, 0.3) is 0 Å². The van der Waals surface area contributed by atoms with E-state index in [0.717, 1.165) is 56.1 Å². The lowest BCUT2D eigenvalue weighted by Gasteiger charge is -2.11. The molecule has 0 atom stereocenters. The molecule has 5 heterocycles. The van der Waals surface area contributed by atoms with Gasteiger partial charge in [0.2, 0.25) is 0 Å². The van der Waals surface area contributed by atoms with Gasteiger partial charge >= 0.3 is 0 Å². The number of hydrogen-bond donors (Lipinski definition) is 3. The molecule has 0 saturated heterocycles. The van der Waals surface area contributed by atoms with E-state index in [-0.39, 0.29) is 0 Å². The summed E-state index contributed by atoms with van der Waals surface area (Å²) in [6.45, 7) is 3.89. The molecule has 0 spiro atoms. The molecule has 0 saturated carbocycles. The van der Waals surface area contributed by atoms with Crippen LogP contribution in [0.5, 0.6) is 0 Å². The third kappa shape index (κ3) is 4.51. The van der Waals surface area contributed by atoms with Gasteiger partial charge in [-0.05, 0) is 62.4 Å². The van der Waals surface area contributed by atoms with Crippen LogP contribution in [0.25, 0.3) is 33.5 Å². The minimum atomic E-state index is 0.579. The summed E-state index contributed by atoms with van der Waals surface area (Å²) < 4.78 is 0. The van der Waals surface area contributed by atoms with E-state index in [1.54, 1.807) is 30.9 Å². The molecule has 6 rings (SSSR count). The van der Waals surface area contributed by atoms with E-state index in [1.165, 1.54) is 0 Å². The third-order valence-electron chi connectivity index (χ3n) is 5.88. The predicted molar refractivity (Wildman–Crippen MR) is 144 cm³/mol. The van der Waals surface area contributed by atoms with Crippen molar-refractivity contribution >= 4 is 44.8 Å². The standard InChI is InChI=1S/C28H21N9/c1-16-7-20(5-6-31-16)34-22-11-26-28(32-15-22)37-27(36-26)19-10-21(14-30-13-19)35-25-8-17(2)33-24-4-3-18(12-29)9-23(24)25/h3-11,13-15H,1-2H3,(H,31,34)(H,33,35)(H,32,36,37). The van der Waals surface area contributed by atoms with E-state index in [4.69, 9.17) is 0 Å². The zero-order valence-corrected chi connectivity index (χ0v) is 20.1. The molecule has 0 fully saturated rings. The topological polar surface area (TPSA) is 128 Å². The lowest BCUT2D eigenvalue weighted by molar-refractivity contribution is 1.20. The highest BCUT2D eigenvalue weighted by atomic mass is 15.0. The Kier molecular flexibility index (Phi) is 5.39. The van der Waals surface area contributed by atoms with Gasteiger partial charge in [-0.15, -0.1) is 0 Å². The number of nitriles is 1. The number of aromatic nitrogens is 6. The summed E-state index contributed by atoms with van der Waals surface area (Å²) in [5.41, 5.74) is 8.88. The van der Waals surface area contributed by atoms with Gasteiger partial charge in [-0.3, -0.25) is 15.0 Å². The molecule has 9 nitrogen and oxygen atoms in total. The Morgan fingerprint density at radius 2 is 1.70 bits per heavy atom. The second-order valence-electron chi connectivity index (χ2n) is 8.73. The van der Waals surface area contributed by atoms with Crippen LogP contribution in [0, 0.1) is 25.2 Å². The number of hydrogen-bond acceptors (Lipinski definition) is 8. The molecule has 3 N–H and O–H groups in total. The maximum absolute atomic E-state index is 9.33. The highest BCUT2D eigenvalue weighted by molar-refractivity contribution is 5.94. The maximum Gasteiger partial charge on any atom is 0.178 e. The quantitative estimate of drug-likeness (QED) is 0.275. The second kappa shape index (κ2) is 9.02. The van der Waals surface area contributed by atoms with Crippen LogP contribution in [-0.2, 0) is 0 Å². The molecule has 0 bridgehead atoms. The van der Waals surface area contributed by atoms with Crippen LogP contribution in [0.1, 0.15) is 17.0 Å². The van der Waals surface area contributed by atoms with E-state index in [2.05, 4.69) is 46.6 Å². The van der Waals surface area contributed by atoms with Gasteiger partial charge in [0, 0.05) is 46.1 Å². The first-order valence-electron chi connectivity index (χ1n) is 11.6. The Labute approximate surface area is 212 Å². The summed E-state index contributed by atoms with van der Waals surface area (Å²) >= 11 is 0. The van der Waals surface area contributed by atoms with Crippen molar-refractivity contribution < 1.29 is 0 Å². The molecule has 9 heteroatoms. The summed E-state index contributed by atoms with van der Waals surface area (Å²) in [4.78, 5) is 25.8. The van der Waals surface area contributed by atoms with Crippen LogP contribution in [0.4, 0.5) is 22.7 Å². The van der Waals surface area contributed by atoms with Crippen LogP contribution >= 0.6 is 0 Å². The fraction of sp³-hybridized carbons (Fsp3) is 0.0714. The highest BCUT2D eigenvalue weighted by Crippen LogP contribution is 2.29. The van der Waals surface area contributed by atoms with Crippen molar-refractivity contribution in [2.24, 2.45) is 0 Å². The van der Waals surface area contributed by atoms with Crippen molar-refractivity contribution in [2.45, 2.75) is 13.8 Å². The van der Waals surface area contributed by atoms with Gasteiger partial charge in [0.05, 0.1) is 46.4 Å². The van der Waals surface area contributed by atoms with E-state index >= 15 is 0 Å². The first-order valence-corrected chi connectivity index (χ1v) is 11.6. The van der Waals surface area contributed by atoms with Crippen molar-refractivity contribution in [2.75, 3.05) is 10.6 Å². The van der Waals surface area contributed by atoms with Gasteiger partial charge in [-0.2, -0.15) is 5.26 Å².